The fourth-order valence-corrected chi connectivity index (χ4v) is 2.64. The number of nitrogens with zero attached hydrogens (tertiary/aromatic N) is 1. The maximum absolute atomic E-state index is 6.09. The third-order valence-electron chi connectivity index (χ3n) is 4.59. The van der Waals surface area contributed by atoms with Crippen LogP contribution in [-0.4, -0.2) is 23.3 Å². The zero-order valence-electron chi connectivity index (χ0n) is 11.8. The van der Waals surface area contributed by atoms with E-state index in [1.165, 1.54) is 0 Å². The smallest absolute Gasteiger partial charge is 0.403 e. The molecular formula is C14H19BClNO2. The van der Waals surface area contributed by atoms with E-state index in [0.29, 0.717) is 16.8 Å². The molecular weight excluding hydrogens is 260 g/mol. The maximum atomic E-state index is 6.09. The van der Waals surface area contributed by atoms with Gasteiger partial charge < -0.3 is 9.31 Å². The van der Waals surface area contributed by atoms with Gasteiger partial charge in [-0.25, -0.2) is 0 Å². The summed E-state index contributed by atoms with van der Waals surface area (Å²) in [5.41, 5.74) is 0.584. The monoisotopic (exact) mass is 279 g/mol. The third-order valence-corrected chi connectivity index (χ3v) is 4.81. The first kappa shape index (κ1) is 13.4. The van der Waals surface area contributed by atoms with Gasteiger partial charge in [0.25, 0.3) is 0 Å². The molecule has 5 heteroatoms. The minimum Gasteiger partial charge on any atom is -0.403 e. The largest absolute Gasteiger partial charge is 0.461 e. The lowest BCUT2D eigenvalue weighted by Crippen LogP contribution is -2.41. The van der Waals surface area contributed by atoms with Crippen molar-refractivity contribution in [1.29, 1.82) is 0 Å². The summed E-state index contributed by atoms with van der Waals surface area (Å²) in [5, 5.41) is 0.677. The highest BCUT2D eigenvalue weighted by atomic mass is 35.5. The Morgan fingerprint density at radius 1 is 1.21 bits per heavy atom. The highest BCUT2D eigenvalue weighted by molar-refractivity contribution is 6.49. The van der Waals surface area contributed by atoms with Crippen LogP contribution in [0, 0.1) is 0 Å². The summed E-state index contributed by atoms with van der Waals surface area (Å²) in [4.78, 5) is 4.39. The quantitative estimate of drug-likeness (QED) is 0.774. The number of hydrogen-bond donors (Lipinski definition) is 0. The predicted octanol–water partition coefficient (Wildman–Crippen LogP) is 3.68. The Kier molecular flexibility index (Phi) is 2.97. The molecule has 2 atom stereocenters. The van der Waals surface area contributed by atoms with E-state index in [-0.39, 0.29) is 18.3 Å². The average Bonchev–Trinajstić information content (AvgIpc) is 3.04. The second-order valence-electron chi connectivity index (χ2n) is 6.53. The number of rotatable bonds is 2. The zero-order valence-corrected chi connectivity index (χ0v) is 12.6. The van der Waals surface area contributed by atoms with Gasteiger partial charge in [-0.2, -0.15) is 0 Å². The van der Waals surface area contributed by atoms with Gasteiger partial charge in [0.05, 0.1) is 16.2 Å². The van der Waals surface area contributed by atoms with Gasteiger partial charge in [-0.15, -0.1) is 0 Å². The van der Waals surface area contributed by atoms with Crippen LogP contribution in [0.2, 0.25) is 10.8 Å². The van der Waals surface area contributed by atoms with Crippen LogP contribution in [0.25, 0.3) is 0 Å². The van der Waals surface area contributed by atoms with Gasteiger partial charge in [-0.1, -0.05) is 11.6 Å². The molecule has 0 amide bonds. The van der Waals surface area contributed by atoms with Crippen molar-refractivity contribution in [3.8, 4) is 0 Å². The van der Waals surface area contributed by atoms with E-state index in [2.05, 4.69) is 32.7 Å². The summed E-state index contributed by atoms with van der Waals surface area (Å²) in [5.74, 6) is 0.849. The van der Waals surface area contributed by atoms with Crippen LogP contribution in [0.3, 0.4) is 0 Å². The predicted molar refractivity (Wildman–Crippen MR) is 76.4 cm³/mol. The van der Waals surface area contributed by atoms with Gasteiger partial charge in [-0.05, 0) is 46.2 Å². The van der Waals surface area contributed by atoms with E-state index in [1.54, 1.807) is 6.20 Å². The van der Waals surface area contributed by atoms with Gasteiger partial charge >= 0.3 is 7.12 Å². The van der Waals surface area contributed by atoms with Crippen molar-refractivity contribution in [2.24, 2.45) is 0 Å². The molecule has 0 bridgehead atoms. The van der Waals surface area contributed by atoms with E-state index >= 15 is 0 Å². The van der Waals surface area contributed by atoms with Crippen molar-refractivity contribution >= 4 is 18.7 Å². The van der Waals surface area contributed by atoms with Crippen LogP contribution in [0.15, 0.2) is 18.3 Å². The molecule has 2 heterocycles. The molecule has 0 aromatic carbocycles. The van der Waals surface area contributed by atoms with E-state index in [4.69, 9.17) is 20.9 Å². The molecule has 1 aliphatic carbocycles. The van der Waals surface area contributed by atoms with Crippen molar-refractivity contribution in [2.45, 2.75) is 57.1 Å². The number of hydrogen-bond acceptors (Lipinski definition) is 3. The highest BCUT2D eigenvalue weighted by Gasteiger charge is 2.60. The minimum absolute atomic E-state index is 0.118. The number of aromatic nitrogens is 1. The molecule has 2 aliphatic rings. The molecule has 3 rings (SSSR count). The number of halogens is 1. The topological polar surface area (TPSA) is 31.4 Å². The standard InChI is InChI=1S/C14H19BClNO2/c1-13(2)14(3,4)19-15(18-13)11-7-10(11)12-6-5-9(16)8-17-12/h5-6,8,10-11H,7H2,1-4H3. The molecule has 1 aromatic rings. The lowest BCUT2D eigenvalue weighted by molar-refractivity contribution is 0.00578. The Labute approximate surface area is 119 Å². The van der Waals surface area contributed by atoms with Crippen LogP contribution < -0.4 is 0 Å². The van der Waals surface area contributed by atoms with E-state index < -0.39 is 0 Å². The Hall–Kier alpha value is -0.575. The molecule has 102 valence electrons. The van der Waals surface area contributed by atoms with Gasteiger partial charge in [0, 0.05) is 23.6 Å². The fourth-order valence-electron chi connectivity index (χ4n) is 2.53. The van der Waals surface area contributed by atoms with Crippen molar-refractivity contribution < 1.29 is 9.31 Å². The van der Waals surface area contributed by atoms with Crippen molar-refractivity contribution in [1.82, 2.24) is 4.98 Å². The zero-order chi connectivity index (χ0) is 13.8. The fraction of sp³-hybridized carbons (Fsp3) is 0.643. The molecule has 2 fully saturated rings. The van der Waals surface area contributed by atoms with E-state index in [0.717, 1.165) is 12.1 Å². The second-order valence-corrected chi connectivity index (χ2v) is 6.97. The molecule has 1 aliphatic heterocycles. The molecule has 1 saturated carbocycles. The van der Waals surface area contributed by atoms with Gasteiger partial charge in [0.1, 0.15) is 0 Å². The van der Waals surface area contributed by atoms with Crippen LogP contribution in [0.4, 0.5) is 0 Å². The molecule has 19 heavy (non-hydrogen) atoms. The van der Waals surface area contributed by atoms with E-state index in [9.17, 15) is 0 Å². The van der Waals surface area contributed by atoms with Crippen LogP contribution in [0.5, 0.6) is 0 Å². The molecule has 2 unspecified atom stereocenters. The van der Waals surface area contributed by atoms with Gasteiger partial charge in [-0.3, -0.25) is 4.98 Å². The molecule has 1 saturated heterocycles. The molecule has 0 N–H and O–H groups in total. The minimum atomic E-state index is -0.252. The highest BCUT2D eigenvalue weighted by Crippen LogP contribution is 2.57. The SMILES string of the molecule is CC1(C)OB(C2CC2c2ccc(Cl)cn2)OC1(C)C. The Balaban J connectivity index is 1.70. The van der Waals surface area contributed by atoms with Gasteiger partial charge in [0.15, 0.2) is 0 Å². The van der Waals surface area contributed by atoms with Crippen molar-refractivity contribution in [2.75, 3.05) is 0 Å². The van der Waals surface area contributed by atoms with Crippen molar-refractivity contribution in [3.05, 3.63) is 29.0 Å². The van der Waals surface area contributed by atoms with Crippen LogP contribution in [0.1, 0.15) is 45.7 Å². The van der Waals surface area contributed by atoms with E-state index in [1.807, 2.05) is 12.1 Å². The summed E-state index contributed by atoms with van der Waals surface area (Å²) < 4.78 is 12.2. The lowest BCUT2D eigenvalue weighted by Gasteiger charge is -2.32. The summed E-state index contributed by atoms with van der Waals surface area (Å²) >= 11 is 5.86. The number of pyridine rings is 1. The van der Waals surface area contributed by atoms with Crippen LogP contribution in [-0.2, 0) is 9.31 Å². The maximum Gasteiger partial charge on any atom is 0.461 e. The Morgan fingerprint density at radius 3 is 2.37 bits per heavy atom. The summed E-state index contributed by atoms with van der Waals surface area (Å²) in [6.45, 7) is 8.35. The summed E-state index contributed by atoms with van der Waals surface area (Å²) in [6.07, 6.45) is 2.78. The normalized spacial score (nSPS) is 31.5. The first-order valence-electron chi connectivity index (χ1n) is 6.77. The van der Waals surface area contributed by atoms with Crippen LogP contribution >= 0.6 is 11.6 Å². The van der Waals surface area contributed by atoms with Crippen molar-refractivity contribution in [3.63, 3.8) is 0 Å². The van der Waals surface area contributed by atoms with Gasteiger partial charge in [0.2, 0.25) is 0 Å². The Morgan fingerprint density at radius 2 is 1.84 bits per heavy atom. The Bertz CT molecular complexity index is 473. The molecule has 0 spiro atoms. The first-order valence-corrected chi connectivity index (χ1v) is 7.15. The first-order chi connectivity index (χ1) is 8.80. The summed E-state index contributed by atoms with van der Waals surface area (Å²) in [7, 11) is -0.118. The second kappa shape index (κ2) is 4.21. The lowest BCUT2D eigenvalue weighted by atomic mass is 9.80. The summed E-state index contributed by atoms with van der Waals surface area (Å²) in [6, 6.07) is 3.89. The average molecular weight is 280 g/mol. The molecule has 1 aromatic heterocycles. The molecule has 3 nitrogen and oxygen atoms in total. The molecule has 0 radical (unpaired) electrons. The third kappa shape index (κ3) is 2.30.